The summed E-state index contributed by atoms with van der Waals surface area (Å²) in [5.74, 6) is 0. The maximum Gasteiger partial charge on any atom is 0.114 e. The average molecular weight is 134 g/mol. The number of quaternary nitrogens is 1. The van der Waals surface area contributed by atoms with Gasteiger partial charge in [-0.3, -0.25) is 0 Å². The smallest absolute Gasteiger partial charge is 0.114 e. The van der Waals surface area contributed by atoms with E-state index in [0.717, 1.165) is 0 Å². The van der Waals surface area contributed by atoms with Gasteiger partial charge in [-0.1, -0.05) is 0 Å². The standard InChI is InChI=1S/C6H15NO2/c1-6(2,5-9)7-3-4-8/h7-9H,3-5H2,1-2H3/p+1. The molecule has 0 aromatic rings. The van der Waals surface area contributed by atoms with Crippen molar-refractivity contribution in [3.63, 3.8) is 0 Å². The highest BCUT2D eigenvalue weighted by Crippen LogP contribution is 1.88. The van der Waals surface area contributed by atoms with Crippen LogP contribution in [0.3, 0.4) is 0 Å². The lowest BCUT2D eigenvalue weighted by atomic mass is 10.1. The summed E-state index contributed by atoms with van der Waals surface area (Å²) in [5, 5.41) is 19.0. The first-order valence-electron chi connectivity index (χ1n) is 3.18. The van der Waals surface area contributed by atoms with Crippen LogP contribution in [-0.4, -0.2) is 35.5 Å². The molecule has 56 valence electrons. The Morgan fingerprint density at radius 3 is 2.22 bits per heavy atom. The molecule has 4 N–H and O–H groups in total. The molecule has 0 saturated carbocycles. The number of hydrogen-bond acceptors (Lipinski definition) is 2. The molecular formula is C6H16NO2+. The van der Waals surface area contributed by atoms with Gasteiger partial charge in [0.1, 0.15) is 5.54 Å². The van der Waals surface area contributed by atoms with Crippen LogP contribution in [-0.2, 0) is 0 Å². The van der Waals surface area contributed by atoms with Crippen molar-refractivity contribution in [1.29, 1.82) is 0 Å². The van der Waals surface area contributed by atoms with E-state index in [2.05, 4.69) is 0 Å². The lowest BCUT2D eigenvalue weighted by molar-refractivity contribution is -0.723. The van der Waals surface area contributed by atoms with Gasteiger partial charge in [-0.15, -0.1) is 0 Å². The molecule has 0 fully saturated rings. The lowest BCUT2D eigenvalue weighted by Crippen LogP contribution is -2.96. The van der Waals surface area contributed by atoms with Gasteiger partial charge < -0.3 is 15.5 Å². The molecule has 0 bridgehead atoms. The molecule has 0 rings (SSSR count). The third-order valence-corrected chi connectivity index (χ3v) is 1.23. The van der Waals surface area contributed by atoms with Crippen LogP contribution in [0.2, 0.25) is 0 Å². The number of aliphatic hydroxyl groups is 2. The fourth-order valence-electron chi connectivity index (χ4n) is 0.520. The van der Waals surface area contributed by atoms with Crippen molar-refractivity contribution in [3.05, 3.63) is 0 Å². The van der Waals surface area contributed by atoms with E-state index in [1.807, 2.05) is 19.2 Å². The van der Waals surface area contributed by atoms with Crippen molar-refractivity contribution in [3.8, 4) is 0 Å². The van der Waals surface area contributed by atoms with Gasteiger partial charge in [-0.2, -0.15) is 0 Å². The molecule has 0 aliphatic rings. The number of rotatable bonds is 4. The van der Waals surface area contributed by atoms with Gasteiger partial charge in [-0.25, -0.2) is 0 Å². The van der Waals surface area contributed by atoms with Gasteiger partial charge in [-0.05, 0) is 13.8 Å². The van der Waals surface area contributed by atoms with Crippen LogP contribution < -0.4 is 5.32 Å². The molecule has 3 heteroatoms. The van der Waals surface area contributed by atoms with E-state index in [-0.39, 0.29) is 18.8 Å². The second kappa shape index (κ2) is 3.82. The Labute approximate surface area is 55.7 Å². The van der Waals surface area contributed by atoms with Crippen LogP contribution in [0.4, 0.5) is 0 Å². The molecule has 0 saturated heterocycles. The minimum atomic E-state index is -0.136. The van der Waals surface area contributed by atoms with Gasteiger partial charge in [0, 0.05) is 0 Å². The van der Waals surface area contributed by atoms with Crippen LogP contribution >= 0.6 is 0 Å². The zero-order valence-electron chi connectivity index (χ0n) is 6.09. The van der Waals surface area contributed by atoms with Crippen molar-refractivity contribution in [2.24, 2.45) is 0 Å². The molecule has 0 atom stereocenters. The van der Waals surface area contributed by atoms with Gasteiger partial charge in [0.25, 0.3) is 0 Å². The van der Waals surface area contributed by atoms with E-state index in [1.165, 1.54) is 0 Å². The topological polar surface area (TPSA) is 57.1 Å². The van der Waals surface area contributed by atoms with Crippen molar-refractivity contribution in [1.82, 2.24) is 0 Å². The Kier molecular flexibility index (Phi) is 3.77. The third kappa shape index (κ3) is 4.39. The first-order valence-corrected chi connectivity index (χ1v) is 3.18. The molecule has 0 radical (unpaired) electrons. The molecule has 0 aromatic carbocycles. The highest BCUT2D eigenvalue weighted by Gasteiger charge is 2.17. The Morgan fingerprint density at radius 2 is 1.89 bits per heavy atom. The molecule has 0 aliphatic carbocycles. The van der Waals surface area contributed by atoms with Gasteiger partial charge in [0.05, 0.1) is 19.8 Å². The molecule has 0 aliphatic heterocycles. The first-order chi connectivity index (χ1) is 4.12. The summed E-state index contributed by atoms with van der Waals surface area (Å²) >= 11 is 0. The number of nitrogens with two attached hydrogens (primary N) is 1. The minimum Gasteiger partial charge on any atom is -0.391 e. The average Bonchev–Trinajstić information content (AvgIpc) is 1.84. The second-order valence-corrected chi connectivity index (χ2v) is 2.86. The van der Waals surface area contributed by atoms with Crippen molar-refractivity contribution in [2.45, 2.75) is 19.4 Å². The molecule has 0 unspecified atom stereocenters. The molecule has 0 heterocycles. The zero-order chi connectivity index (χ0) is 7.33. The molecule has 3 nitrogen and oxygen atoms in total. The van der Waals surface area contributed by atoms with Crippen LogP contribution in [0.1, 0.15) is 13.8 Å². The zero-order valence-corrected chi connectivity index (χ0v) is 6.09. The van der Waals surface area contributed by atoms with E-state index in [9.17, 15) is 0 Å². The first kappa shape index (κ1) is 8.88. The van der Waals surface area contributed by atoms with Crippen molar-refractivity contribution >= 4 is 0 Å². The highest BCUT2D eigenvalue weighted by molar-refractivity contribution is 4.59. The summed E-state index contributed by atoms with van der Waals surface area (Å²) < 4.78 is 0. The summed E-state index contributed by atoms with van der Waals surface area (Å²) in [6.07, 6.45) is 0. The van der Waals surface area contributed by atoms with E-state index >= 15 is 0 Å². The lowest BCUT2D eigenvalue weighted by Gasteiger charge is -2.18. The SMILES string of the molecule is CC(C)(CO)[NH2+]CCO. The van der Waals surface area contributed by atoms with Crippen LogP contribution in [0, 0.1) is 0 Å². The molecule has 0 spiro atoms. The van der Waals surface area contributed by atoms with Gasteiger partial charge in [0.2, 0.25) is 0 Å². The summed E-state index contributed by atoms with van der Waals surface area (Å²) in [6.45, 7) is 4.84. The molecule has 0 aromatic heterocycles. The Hall–Kier alpha value is -0.120. The third-order valence-electron chi connectivity index (χ3n) is 1.23. The van der Waals surface area contributed by atoms with Crippen LogP contribution in [0.5, 0.6) is 0 Å². The van der Waals surface area contributed by atoms with Crippen molar-refractivity contribution < 1.29 is 15.5 Å². The van der Waals surface area contributed by atoms with E-state index in [1.54, 1.807) is 0 Å². The van der Waals surface area contributed by atoms with Crippen LogP contribution in [0.15, 0.2) is 0 Å². The summed E-state index contributed by atoms with van der Waals surface area (Å²) in [5.41, 5.74) is -0.136. The quantitative estimate of drug-likeness (QED) is 0.430. The molecular weight excluding hydrogens is 118 g/mol. The van der Waals surface area contributed by atoms with E-state index in [4.69, 9.17) is 10.2 Å². The fraction of sp³-hybridized carbons (Fsp3) is 1.00. The Balaban J connectivity index is 3.33. The normalized spacial score (nSPS) is 12.0. The van der Waals surface area contributed by atoms with Gasteiger partial charge in [0.15, 0.2) is 0 Å². The molecule has 9 heavy (non-hydrogen) atoms. The Bertz CT molecular complexity index is 73.5. The number of hydrogen-bond donors (Lipinski definition) is 3. The predicted molar refractivity (Wildman–Crippen MR) is 35.0 cm³/mol. The minimum absolute atomic E-state index is 0.136. The summed E-state index contributed by atoms with van der Waals surface area (Å²) in [4.78, 5) is 0. The van der Waals surface area contributed by atoms with Crippen molar-refractivity contribution in [2.75, 3.05) is 19.8 Å². The fourth-order valence-corrected chi connectivity index (χ4v) is 0.520. The molecule has 0 amide bonds. The summed E-state index contributed by atoms with van der Waals surface area (Å²) in [6, 6.07) is 0. The monoisotopic (exact) mass is 134 g/mol. The predicted octanol–water partition coefficient (Wildman–Crippen LogP) is -1.69. The summed E-state index contributed by atoms with van der Waals surface area (Å²) in [7, 11) is 0. The second-order valence-electron chi connectivity index (χ2n) is 2.86. The van der Waals surface area contributed by atoms with Crippen LogP contribution in [0.25, 0.3) is 0 Å². The number of aliphatic hydroxyl groups excluding tert-OH is 2. The maximum absolute atomic E-state index is 8.71. The largest absolute Gasteiger partial charge is 0.391 e. The maximum atomic E-state index is 8.71. The van der Waals surface area contributed by atoms with Gasteiger partial charge >= 0.3 is 0 Å². The Morgan fingerprint density at radius 1 is 1.33 bits per heavy atom. The van der Waals surface area contributed by atoms with E-state index in [0.29, 0.717) is 6.54 Å². The highest BCUT2D eigenvalue weighted by atomic mass is 16.3. The van der Waals surface area contributed by atoms with E-state index < -0.39 is 0 Å².